The number of aryl methyl sites for hydroxylation is 1. The van der Waals surface area contributed by atoms with Gasteiger partial charge in [-0.1, -0.05) is 61.9 Å². The van der Waals surface area contributed by atoms with Crippen molar-refractivity contribution in [2.45, 2.75) is 32.1 Å². The van der Waals surface area contributed by atoms with Crippen molar-refractivity contribution < 1.29 is 4.74 Å². The quantitative estimate of drug-likeness (QED) is 0.809. The number of nitrogens with one attached hydrogen (secondary N) is 1. The second-order valence-corrected chi connectivity index (χ2v) is 6.44. The molecule has 24 heavy (non-hydrogen) atoms. The van der Waals surface area contributed by atoms with Crippen LogP contribution in [-0.2, 0) is 6.42 Å². The molecule has 1 N–H and O–H groups in total. The van der Waals surface area contributed by atoms with Crippen molar-refractivity contribution in [1.82, 2.24) is 5.32 Å². The molecule has 3 rings (SSSR count). The Morgan fingerprint density at radius 2 is 1.79 bits per heavy atom. The van der Waals surface area contributed by atoms with Crippen LogP contribution in [0.1, 0.15) is 36.8 Å². The Morgan fingerprint density at radius 3 is 2.58 bits per heavy atom. The lowest BCUT2D eigenvalue weighted by Crippen LogP contribution is -2.38. The number of piperidine rings is 1. The second-order valence-electron chi connectivity index (χ2n) is 6.44. The maximum atomic E-state index is 6.24. The molecule has 1 saturated heterocycles. The fraction of sp³-hybridized carbons (Fsp3) is 0.429. The molecule has 0 aromatic heterocycles. The summed E-state index contributed by atoms with van der Waals surface area (Å²) in [7, 11) is 0. The molecule has 1 aliphatic heterocycles. The first kappa shape index (κ1) is 18.8. The van der Waals surface area contributed by atoms with E-state index < -0.39 is 0 Å². The SMILES string of the molecule is CCCc1ccccc1OC[C@H]1CNCC[C@@H]1c1ccccc1.Cl. The van der Waals surface area contributed by atoms with Crippen LogP contribution in [0.5, 0.6) is 5.75 Å². The van der Waals surface area contributed by atoms with E-state index in [9.17, 15) is 0 Å². The van der Waals surface area contributed by atoms with E-state index in [4.69, 9.17) is 4.74 Å². The third-order valence-corrected chi connectivity index (χ3v) is 4.78. The molecule has 2 atom stereocenters. The average Bonchev–Trinajstić information content (AvgIpc) is 2.62. The zero-order valence-electron chi connectivity index (χ0n) is 14.4. The van der Waals surface area contributed by atoms with E-state index in [-0.39, 0.29) is 12.4 Å². The Kier molecular flexibility index (Phi) is 7.61. The van der Waals surface area contributed by atoms with Gasteiger partial charge in [0.2, 0.25) is 0 Å². The Bertz CT molecular complexity index is 602. The zero-order valence-corrected chi connectivity index (χ0v) is 15.2. The van der Waals surface area contributed by atoms with E-state index in [1.165, 1.54) is 17.5 Å². The van der Waals surface area contributed by atoms with Gasteiger partial charge in [0.15, 0.2) is 0 Å². The summed E-state index contributed by atoms with van der Waals surface area (Å²) in [4.78, 5) is 0. The molecule has 0 bridgehead atoms. The second kappa shape index (κ2) is 9.71. The highest BCUT2D eigenvalue weighted by molar-refractivity contribution is 5.85. The van der Waals surface area contributed by atoms with Crippen LogP contribution in [0.15, 0.2) is 54.6 Å². The number of hydrogen-bond donors (Lipinski definition) is 1. The van der Waals surface area contributed by atoms with Gasteiger partial charge in [-0.25, -0.2) is 0 Å². The van der Waals surface area contributed by atoms with Gasteiger partial charge >= 0.3 is 0 Å². The van der Waals surface area contributed by atoms with Crippen molar-refractivity contribution in [3.63, 3.8) is 0 Å². The lowest BCUT2D eigenvalue weighted by molar-refractivity contribution is 0.195. The standard InChI is InChI=1S/C21H27NO.ClH/c1-2-8-18-11-6-7-12-21(18)23-16-19-15-22-14-13-20(19)17-9-4-3-5-10-17;/h3-7,9-12,19-20,22H,2,8,13-16H2,1H3;1H/t19-,20-;/m1./s1. The Balaban J connectivity index is 0.00000208. The maximum absolute atomic E-state index is 6.24. The van der Waals surface area contributed by atoms with Crippen LogP contribution in [0.3, 0.4) is 0 Å². The zero-order chi connectivity index (χ0) is 15.9. The van der Waals surface area contributed by atoms with E-state index in [2.05, 4.69) is 66.8 Å². The fourth-order valence-corrected chi connectivity index (χ4v) is 3.55. The molecule has 0 spiro atoms. The normalized spacial score (nSPS) is 20.2. The first-order chi connectivity index (χ1) is 11.4. The largest absolute Gasteiger partial charge is 0.493 e. The molecule has 1 fully saturated rings. The summed E-state index contributed by atoms with van der Waals surface area (Å²) in [6.45, 7) is 5.14. The van der Waals surface area contributed by atoms with E-state index in [1.807, 2.05) is 0 Å². The van der Waals surface area contributed by atoms with Crippen LogP contribution >= 0.6 is 12.4 Å². The molecule has 2 aromatic rings. The van der Waals surface area contributed by atoms with Crippen molar-refractivity contribution in [3.8, 4) is 5.75 Å². The van der Waals surface area contributed by atoms with Crippen molar-refractivity contribution in [3.05, 3.63) is 65.7 Å². The van der Waals surface area contributed by atoms with Gasteiger partial charge in [0.1, 0.15) is 5.75 Å². The molecule has 2 aromatic carbocycles. The molecule has 0 unspecified atom stereocenters. The minimum atomic E-state index is 0. The average molecular weight is 346 g/mol. The maximum Gasteiger partial charge on any atom is 0.122 e. The highest BCUT2D eigenvalue weighted by atomic mass is 35.5. The molecule has 1 heterocycles. The Morgan fingerprint density at radius 1 is 1.04 bits per heavy atom. The summed E-state index contributed by atoms with van der Waals surface area (Å²) in [5.74, 6) is 2.18. The van der Waals surface area contributed by atoms with E-state index in [1.54, 1.807) is 0 Å². The molecule has 130 valence electrons. The summed E-state index contributed by atoms with van der Waals surface area (Å²) < 4.78 is 6.24. The van der Waals surface area contributed by atoms with Gasteiger partial charge in [0.05, 0.1) is 6.61 Å². The van der Waals surface area contributed by atoms with Gasteiger partial charge < -0.3 is 10.1 Å². The Hall–Kier alpha value is -1.51. The minimum absolute atomic E-state index is 0. The highest BCUT2D eigenvalue weighted by Crippen LogP contribution is 2.31. The lowest BCUT2D eigenvalue weighted by Gasteiger charge is -2.32. The van der Waals surface area contributed by atoms with Crippen molar-refractivity contribution >= 4 is 12.4 Å². The topological polar surface area (TPSA) is 21.3 Å². The van der Waals surface area contributed by atoms with Crippen LogP contribution in [0.25, 0.3) is 0 Å². The summed E-state index contributed by atoms with van der Waals surface area (Å²) in [6, 6.07) is 19.4. The monoisotopic (exact) mass is 345 g/mol. The fourth-order valence-electron chi connectivity index (χ4n) is 3.55. The van der Waals surface area contributed by atoms with E-state index in [0.717, 1.165) is 38.3 Å². The third kappa shape index (κ3) is 4.75. The van der Waals surface area contributed by atoms with Gasteiger partial charge in [0.25, 0.3) is 0 Å². The number of para-hydroxylation sites is 1. The number of hydrogen-bond acceptors (Lipinski definition) is 2. The molecule has 0 saturated carbocycles. The molecular weight excluding hydrogens is 318 g/mol. The third-order valence-electron chi connectivity index (χ3n) is 4.78. The van der Waals surface area contributed by atoms with Crippen molar-refractivity contribution in [2.24, 2.45) is 5.92 Å². The van der Waals surface area contributed by atoms with Crippen LogP contribution in [-0.4, -0.2) is 19.7 Å². The van der Waals surface area contributed by atoms with E-state index in [0.29, 0.717) is 11.8 Å². The molecule has 3 heteroatoms. The molecular formula is C21H28ClNO. The molecule has 2 nitrogen and oxygen atoms in total. The molecule has 0 radical (unpaired) electrons. The summed E-state index contributed by atoms with van der Waals surface area (Å²) in [5.41, 5.74) is 2.78. The molecule has 0 amide bonds. The first-order valence-electron chi connectivity index (χ1n) is 8.85. The van der Waals surface area contributed by atoms with Gasteiger partial charge in [0, 0.05) is 12.5 Å². The van der Waals surface area contributed by atoms with Crippen LogP contribution in [0.4, 0.5) is 0 Å². The minimum Gasteiger partial charge on any atom is -0.493 e. The van der Waals surface area contributed by atoms with Gasteiger partial charge in [-0.05, 0) is 42.5 Å². The predicted octanol–water partition coefficient (Wildman–Crippen LogP) is 4.83. The number of ether oxygens (including phenoxy) is 1. The number of rotatable bonds is 6. The summed E-state index contributed by atoms with van der Waals surface area (Å²) >= 11 is 0. The Labute approximate surface area is 152 Å². The van der Waals surface area contributed by atoms with Gasteiger partial charge in [-0.2, -0.15) is 0 Å². The molecule has 1 aliphatic rings. The van der Waals surface area contributed by atoms with Crippen LogP contribution in [0, 0.1) is 5.92 Å². The number of benzene rings is 2. The van der Waals surface area contributed by atoms with Gasteiger partial charge in [-0.15, -0.1) is 12.4 Å². The predicted molar refractivity (Wildman–Crippen MR) is 103 cm³/mol. The highest BCUT2D eigenvalue weighted by Gasteiger charge is 2.27. The smallest absolute Gasteiger partial charge is 0.122 e. The molecule has 0 aliphatic carbocycles. The number of halogens is 1. The summed E-state index contributed by atoms with van der Waals surface area (Å²) in [5, 5.41) is 3.53. The van der Waals surface area contributed by atoms with Crippen LogP contribution < -0.4 is 10.1 Å². The van der Waals surface area contributed by atoms with Gasteiger partial charge in [-0.3, -0.25) is 0 Å². The van der Waals surface area contributed by atoms with Crippen LogP contribution in [0.2, 0.25) is 0 Å². The van der Waals surface area contributed by atoms with Crippen molar-refractivity contribution in [1.29, 1.82) is 0 Å². The lowest BCUT2D eigenvalue weighted by atomic mass is 9.81. The first-order valence-corrected chi connectivity index (χ1v) is 8.85. The van der Waals surface area contributed by atoms with Crippen molar-refractivity contribution in [2.75, 3.05) is 19.7 Å². The van der Waals surface area contributed by atoms with E-state index >= 15 is 0 Å². The summed E-state index contributed by atoms with van der Waals surface area (Å²) in [6.07, 6.45) is 3.42.